The fourth-order valence-electron chi connectivity index (χ4n) is 3.25. The number of thioether (sulfide) groups is 1. The zero-order chi connectivity index (χ0) is 22.9. The van der Waals surface area contributed by atoms with Gasteiger partial charge in [-0.3, -0.25) is 9.69 Å². The average Bonchev–Trinajstić information content (AvgIpc) is 3.20. The first-order valence-corrected chi connectivity index (χ1v) is 12.6. The Morgan fingerprint density at radius 3 is 2.58 bits per heavy atom. The van der Waals surface area contributed by atoms with Gasteiger partial charge >= 0.3 is 0 Å². The van der Waals surface area contributed by atoms with E-state index in [2.05, 4.69) is 4.90 Å². The number of hydrogen-bond donors (Lipinski definition) is 0. The number of nitrogens with zero attached hydrogens (tertiary/aromatic N) is 3. The second kappa shape index (κ2) is 13.7. The summed E-state index contributed by atoms with van der Waals surface area (Å²) in [5.41, 5.74) is 0.812. The number of aromatic nitrogens is 1. The minimum atomic E-state index is -0.235. The number of fused-ring (bicyclic) bond motifs is 1. The van der Waals surface area contributed by atoms with E-state index in [4.69, 9.17) is 9.72 Å². The molecule has 2 aromatic carbocycles. The molecule has 0 unspecified atom stereocenters. The second-order valence-corrected chi connectivity index (χ2v) is 9.82. The summed E-state index contributed by atoms with van der Waals surface area (Å²) in [5, 5.41) is 0.724. The normalized spacial score (nSPS) is 10.9. The molecule has 0 bridgehead atoms. The van der Waals surface area contributed by atoms with E-state index in [1.807, 2.05) is 44.1 Å². The molecule has 1 aromatic heterocycles. The standard InChI is InChI=1S/C24H30FN3O2S2.ClH/c1-4-30-20-8-5-9-21-23(20)26-24(32-21)28(16-7-15-27(2)3)22(29)10-6-17-31-19-13-11-18(25)12-14-19;/h5,8-9,11-14H,4,6-7,10,15-17H2,1-3H3;1H. The Bertz CT molecular complexity index is 1010. The first-order valence-electron chi connectivity index (χ1n) is 10.8. The molecule has 0 spiro atoms. The molecule has 0 aliphatic heterocycles. The Morgan fingerprint density at radius 2 is 1.88 bits per heavy atom. The number of ether oxygens (including phenoxy) is 1. The van der Waals surface area contributed by atoms with Crippen molar-refractivity contribution in [2.45, 2.75) is 31.1 Å². The van der Waals surface area contributed by atoms with E-state index in [-0.39, 0.29) is 24.1 Å². The molecule has 1 amide bonds. The van der Waals surface area contributed by atoms with Gasteiger partial charge < -0.3 is 9.64 Å². The summed E-state index contributed by atoms with van der Waals surface area (Å²) in [4.78, 5) is 22.9. The van der Waals surface area contributed by atoms with Crippen LogP contribution in [0.1, 0.15) is 26.2 Å². The van der Waals surface area contributed by atoms with Crippen LogP contribution in [0, 0.1) is 5.82 Å². The van der Waals surface area contributed by atoms with Gasteiger partial charge in [0.25, 0.3) is 0 Å². The number of rotatable bonds is 12. The summed E-state index contributed by atoms with van der Waals surface area (Å²) >= 11 is 3.17. The van der Waals surface area contributed by atoms with Gasteiger partial charge in [-0.25, -0.2) is 9.37 Å². The Morgan fingerprint density at radius 1 is 1.12 bits per heavy atom. The summed E-state index contributed by atoms with van der Waals surface area (Å²) in [5.74, 6) is 1.41. The van der Waals surface area contributed by atoms with Gasteiger partial charge in [0.15, 0.2) is 5.13 Å². The van der Waals surface area contributed by atoms with Gasteiger partial charge in [-0.05, 0) is 82.6 Å². The fraction of sp³-hybridized carbons (Fsp3) is 0.417. The molecule has 0 N–H and O–H groups in total. The molecule has 3 rings (SSSR count). The summed E-state index contributed by atoms with van der Waals surface area (Å²) in [6.45, 7) is 4.06. The predicted molar refractivity (Wildman–Crippen MR) is 140 cm³/mol. The van der Waals surface area contributed by atoms with E-state index in [0.29, 0.717) is 19.6 Å². The SMILES string of the molecule is CCOc1cccc2sc(N(CCCN(C)C)C(=O)CCCSc3ccc(F)cc3)nc12.Cl. The molecule has 1 heterocycles. The zero-order valence-corrected chi connectivity index (χ0v) is 21.7. The highest BCUT2D eigenvalue weighted by atomic mass is 35.5. The minimum absolute atomic E-state index is 0. The quantitative estimate of drug-likeness (QED) is 0.217. The van der Waals surface area contributed by atoms with Gasteiger partial charge in [0.2, 0.25) is 5.91 Å². The smallest absolute Gasteiger partial charge is 0.228 e. The van der Waals surface area contributed by atoms with E-state index in [9.17, 15) is 9.18 Å². The number of halogens is 2. The molecular weight excluding hydrogens is 481 g/mol. The van der Waals surface area contributed by atoms with Crippen molar-refractivity contribution < 1.29 is 13.9 Å². The lowest BCUT2D eigenvalue weighted by Gasteiger charge is -2.21. The lowest BCUT2D eigenvalue weighted by atomic mass is 10.3. The van der Waals surface area contributed by atoms with Crippen LogP contribution in [0.4, 0.5) is 9.52 Å². The van der Waals surface area contributed by atoms with Gasteiger partial charge in [-0.1, -0.05) is 17.4 Å². The molecule has 5 nitrogen and oxygen atoms in total. The molecule has 0 fully saturated rings. The van der Waals surface area contributed by atoms with Crippen molar-refractivity contribution in [1.29, 1.82) is 0 Å². The summed E-state index contributed by atoms with van der Waals surface area (Å²) in [6, 6.07) is 12.4. The monoisotopic (exact) mass is 511 g/mol. The van der Waals surface area contributed by atoms with Crippen molar-refractivity contribution in [2.24, 2.45) is 0 Å². The van der Waals surface area contributed by atoms with Crippen LogP contribution in [0.3, 0.4) is 0 Å². The predicted octanol–water partition coefficient (Wildman–Crippen LogP) is 6.11. The van der Waals surface area contributed by atoms with Crippen LogP contribution in [-0.4, -0.2) is 55.3 Å². The van der Waals surface area contributed by atoms with Crippen molar-refractivity contribution >= 4 is 56.8 Å². The summed E-state index contributed by atoms with van der Waals surface area (Å²) in [7, 11) is 4.07. The number of hydrogen-bond acceptors (Lipinski definition) is 6. The van der Waals surface area contributed by atoms with Gasteiger partial charge in [0.05, 0.1) is 11.3 Å². The van der Waals surface area contributed by atoms with E-state index >= 15 is 0 Å². The number of carbonyl (C=O) groups excluding carboxylic acids is 1. The van der Waals surface area contributed by atoms with Crippen molar-refractivity contribution in [1.82, 2.24) is 9.88 Å². The topological polar surface area (TPSA) is 45.7 Å². The minimum Gasteiger partial charge on any atom is -0.492 e. The molecule has 0 saturated carbocycles. The van der Waals surface area contributed by atoms with Crippen LogP contribution >= 0.6 is 35.5 Å². The summed E-state index contributed by atoms with van der Waals surface area (Å²) in [6.07, 6.45) is 2.07. The largest absolute Gasteiger partial charge is 0.492 e. The number of para-hydroxylation sites is 1. The molecule has 0 atom stereocenters. The molecule has 0 aliphatic carbocycles. The van der Waals surface area contributed by atoms with Crippen LogP contribution in [0.2, 0.25) is 0 Å². The first-order chi connectivity index (χ1) is 15.5. The van der Waals surface area contributed by atoms with Crippen LogP contribution in [0.25, 0.3) is 10.2 Å². The number of amides is 1. The lowest BCUT2D eigenvalue weighted by Crippen LogP contribution is -2.33. The molecule has 0 aliphatic rings. The zero-order valence-electron chi connectivity index (χ0n) is 19.3. The third kappa shape index (κ3) is 8.14. The van der Waals surface area contributed by atoms with E-state index < -0.39 is 0 Å². The average molecular weight is 512 g/mol. The number of anilines is 1. The van der Waals surface area contributed by atoms with Gasteiger partial charge in [0, 0.05) is 17.9 Å². The molecule has 180 valence electrons. The maximum absolute atomic E-state index is 13.2. The van der Waals surface area contributed by atoms with E-state index in [1.54, 1.807) is 23.9 Å². The van der Waals surface area contributed by atoms with Crippen molar-refractivity contribution in [3.63, 3.8) is 0 Å². The van der Waals surface area contributed by atoms with Crippen molar-refractivity contribution in [2.75, 3.05) is 44.4 Å². The van der Waals surface area contributed by atoms with E-state index in [0.717, 1.165) is 51.1 Å². The molecule has 0 saturated heterocycles. The van der Waals surface area contributed by atoms with Crippen LogP contribution in [-0.2, 0) is 4.79 Å². The number of thiazole rings is 1. The molecule has 0 radical (unpaired) electrons. The van der Waals surface area contributed by atoms with Crippen molar-refractivity contribution in [3.8, 4) is 5.75 Å². The third-order valence-corrected chi connectivity index (χ3v) is 6.95. The Balaban J connectivity index is 0.00000385. The maximum atomic E-state index is 13.2. The van der Waals surface area contributed by atoms with Gasteiger partial charge in [-0.15, -0.1) is 24.2 Å². The summed E-state index contributed by atoms with van der Waals surface area (Å²) < 4.78 is 19.8. The number of benzene rings is 2. The van der Waals surface area contributed by atoms with E-state index in [1.165, 1.54) is 23.5 Å². The van der Waals surface area contributed by atoms with Crippen LogP contribution in [0.15, 0.2) is 47.4 Å². The van der Waals surface area contributed by atoms with Gasteiger partial charge in [0.1, 0.15) is 17.1 Å². The number of carbonyl (C=O) groups is 1. The lowest BCUT2D eigenvalue weighted by molar-refractivity contribution is -0.118. The fourth-order valence-corrected chi connectivity index (χ4v) is 5.13. The van der Waals surface area contributed by atoms with Crippen LogP contribution < -0.4 is 9.64 Å². The van der Waals surface area contributed by atoms with Gasteiger partial charge in [-0.2, -0.15) is 0 Å². The Labute approximate surface area is 209 Å². The highest BCUT2D eigenvalue weighted by Gasteiger charge is 2.20. The first kappa shape index (κ1) is 27.4. The highest BCUT2D eigenvalue weighted by molar-refractivity contribution is 7.99. The second-order valence-electron chi connectivity index (χ2n) is 7.64. The molecule has 33 heavy (non-hydrogen) atoms. The van der Waals surface area contributed by atoms with Crippen molar-refractivity contribution in [3.05, 3.63) is 48.3 Å². The molecule has 9 heteroatoms. The Kier molecular flexibility index (Phi) is 11.4. The highest BCUT2D eigenvalue weighted by Crippen LogP contribution is 2.34. The van der Waals surface area contributed by atoms with Crippen LogP contribution in [0.5, 0.6) is 5.75 Å². The third-order valence-electron chi connectivity index (χ3n) is 4.81. The Hall–Kier alpha value is -1.87. The maximum Gasteiger partial charge on any atom is 0.228 e. The molecular formula is C24H31ClFN3O2S2. The molecule has 3 aromatic rings.